The van der Waals surface area contributed by atoms with Gasteiger partial charge in [0.15, 0.2) is 4.32 Å². The number of ether oxygens (including phenoxy) is 1. The molecule has 0 aliphatic carbocycles. The molecule has 0 N–H and O–H groups in total. The lowest BCUT2D eigenvalue weighted by atomic mass is 10.1. The Balaban J connectivity index is 1.56. The fourth-order valence-electron chi connectivity index (χ4n) is 3.19. The van der Waals surface area contributed by atoms with Crippen LogP contribution in [0.4, 0.5) is 5.69 Å². The highest BCUT2D eigenvalue weighted by molar-refractivity contribution is 9.10. The van der Waals surface area contributed by atoms with Crippen LogP contribution in [0.2, 0.25) is 0 Å². The molecule has 1 aliphatic heterocycles. The minimum Gasteiger partial charge on any atom is -0.494 e. The van der Waals surface area contributed by atoms with Crippen molar-refractivity contribution in [3.05, 3.63) is 63.5 Å². The summed E-state index contributed by atoms with van der Waals surface area (Å²) in [4.78, 5) is 15.1. The molecule has 1 saturated heterocycles. The Morgan fingerprint density at radius 3 is 2.47 bits per heavy atom. The van der Waals surface area contributed by atoms with E-state index in [2.05, 4.69) is 22.9 Å². The second-order valence-corrected chi connectivity index (χ2v) is 9.68. The molecule has 1 amide bonds. The summed E-state index contributed by atoms with van der Waals surface area (Å²) >= 11 is 10.3. The number of anilines is 1. The number of para-hydroxylation sites is 1. The van der Waals surface area contributed by atoms with Gasteiger partial charge in [-0.3, -0.25) is 9.69 Å². The topological polar surface area (TPSA) is 29.5 Å². The van der Waals surface area contributed by atoms with Gasteiger partial charge in [-0.15, -0.1) is 0 Å². The van der Waals surface area contributed by atoms with Gasteiger partial charge < -0.3 is 4.74 Å². The normalized spacial score (nSPS) is 15.3. The maximum atomic E-state index is 12.9. The number of amides is 1. The van der Waals surface area contributed by atoms with Crippen LogP contribution in [-0.2, 0) is 4.79 Å². The summed E-state index contributed by atoms with van der Waals surface area (Å²) in [5.74, 6) is 0.766. The van der Waals surface area contributed by atoms with Gasteiger partial charge in [0.05, 0.1) is 17.2 Å². The van der Waals surface area contributed by atoms with Crippen molar-refractivity contribution >= 4 is 61.9 Å². The number of hydrogen-bond donors (Lipinski definition) is 0. The Hall–Kier alpha value is -1.63. The highest BCUT2D eigenvalue weighted by Crippen LogP contribution is 2.38. The third kappa shape index (κ3) is 6.19. The number of benzene rings is 2. The van der Waals surface area contributed by atoms with Gasteiger partial charge in [0.1, 0.15) is 5.75 Å². The van der Waals surface area contributed by atoms with Crippen molar-refractivity contribution < 1.29 is 9.53 Å². The van der Waals surface area contributed by atoms with Crippen molar-refractivity contribution in [2.75, 3.05) is 11.5 Å². The van der Waals surface area contributed by atoms with Gasteiger partial charge in [-0.1, -0.05) is 87.3 Å². The molecule has 0 unspecified atom stereocenters. The number of thioether (sulfide) groups is 1. The van der Waals surface area contributed by atoms with Crippen molar-refractivity contribution in [2.45, 2.75) is 45.4 Å². The molecule has 30 heavy (non-hydrogen) atoms. The molecule has 0 radical (unpaired) electrons. The molecule has 3 nitrogen and oxygen atoms in total. The van der Waals surface area contributed by atoms with Crippen LogP contribution in [0, 0.1) is 0 Å². The Labute approximate surface area is 197 Å². The summed E-state index contributed by atoms with van der Waals surface area (Å²) in [6.45, 7) is 2.98. The second kappa shape index (κ2) is 11.7. The number of carbonyl (C=O) groups is 1. The van der Waals surface area contributed by atoms with E-state index in [1.165, 1.54) is 43.9 Å². The van der Waals surface area contributed by atoms with E-state index < -0.39 is 0 Å². The summed E-state index contributed by atoms with van der Waals surface area (Å²) in [6, 6.07) is 15.5. The van der Waals surface area contributed by atoms with Crippen LogP contribution in [0.25, 0.3) is 6.08 Å². The average Bonchev–Trinajstić information content (AvgIpc) is 3.02. The molecule has 6 heteroatoms. The molecule has 0 aromatic heterocycles. The van der Waals surface area contributed by atoms with E-state index in [1.807, 2.05) is 54.6 Å². The Morgan fingerprint density at radius 2 is 1.73 bits per heavy atom. The van der Waals surface area contributed by atoms with Gasteiger partial charge in [-0.05, 0) is 58.3 Å². The van der Waals surface area contributed by atoms with Gasteiger partial charge >= 0.3 is 0 Å². The molecular weight excluding hydrogens is 478 g/mol. The lowest BCUT2D eigenvalue weighted by Gasteiger charge is -2.15. The predicted octanol–water partition coefficient (Wildman–Crippen LogP) is 7.59. The number of hydrogen-bond acceptors (Lipinski definition) is 4. The molecule has 1 fully saturated rings. The van der Waals surface area contributed by atoms with E-state index in [9.17, 15) is 4.79 Å². The summed E-state index contributed by atoms with van der Waals surface area (Å²) < 4.78 is 7.22. The molecule has 2 aromatic carbocycles. The van der Waals surface area contributed by atoms with E-state index in [0.29, 0.717) is 9.23 Å². The largest absolute Gasteiger partial charge is 0.494 e. The van der Waals surface area contributed by atoms with Crippen LogP contribution in [0.1, 0.15) is 51.0 Å². The average molecular weight is 505 g/mol. The van der Waals surface area contributed by atoms with E-state index in [0.717, 1.165) is 34.5 Å². The van der Waals surface area contributed by atoms with Crippen LogP contribution in [0.3, 0.4) is 0 Å². The maximum absolute atomic E-state index is 12.9. The third-order valence-electron chi connectivity index (χ3n) is 4.83. The van der Waals surface area contributed by atoms with Crippen LogP contribution in [-0.4, -0.2) is 16.8 Å². The summed E-state index contributed by atoms with van der Waals surface area (Å²) in [5.41, 5.74) is 1.72. The Bertz CT molecular complexity index is 912. The van der Waals surface area contributed by atoms with Crippen molar-refractivity contribution in [1.82, 2.24) is 0 Å². The van der Waals surface area contributed by atoms with Crippen molar-refractivity contribution in [2.24, 2.45) is 0 Å². The van der Waals surface area contributed by atoms with E-state index in [1.54, 1.807) is 4.90 Å². The summed E-state index contributed by atoms with van der Waals surface area (Å²) in [6.07, 6.45) is 9.39. The van der Waals surface area contributed by atoms with E-state index in [-0.39, 0.29) is 5.91 Å². The first-order valence-corrected chi connectivity index (χ1v) is 12.4. The lowest BCUT2D eigenvalue weighted by molar-refractivity contribution is -0.113. The molecule has 2 aromatic rings. The third-order valence-corrected chi connectivity index (χ3v) is 6.80. The number of halogens is 1. The molecular formula is C24H26BrNO2S2. The fourth-order valence-corrected chi connectivity index (χ4v) is 4.94. The number of unbranched alkanes of at least 4 members (excludes halogenated alkanes) is 5. The van der Waals surface area contributed by atoms with E-state index >= 15 is 0 Å². The lowest BCUT2D eigenvalue weighted by Crippen LogP contribution is -2.27. The van der Waals surface area contributed by atoms with Crippen LogP contribution in [0.5, 0.6) is 5.75 Å². The van der Waals surface area contributed by atoms with Gasteiger partial charge in [0.25, 0.3) is 5.91 Å². The first-order valence-electron chi connectivity index (χ1n) is 10.4. The smallest absolute Gasteiger partial charge is 0.270 e. The molecule has 1 aliphatic rings. The zero-order valence-corrected chi connectivity index (χ0v) is 20.3. The maximum Gasteiger partial charge on any atom is 0.270 e. The van der Waals surface area contributed by atoms with Gasteiger partial charge in [0.2, 0.25) is 0 Å². The molecule has 0 saturated carbocycles. The monoisotopic (exact) mass is 503 g/mol. The van der Waals surface area contributed by atoms with Crippen molar-refractivity contribution in [3.63, 3.8) is 0 Å². The van der Waals surface area contributed by atoms with Gasteiger partial charge in [-0.25, -0.2) is 0 Å². The fraction of sp³-hybridized carbons (Fsp3) is 0.333. The number of carbonyl (C=O) groups excluding carboxylic acids is 1. The molecule has 0 atom stereocenters. The van der Waals surface area contributed by atoms with Crippen molar-refractivity contribution in [3.8, 4) is 5.75 Å². The second-order valence-electron chi connectivity index (χ2n) is 7.15. The zero-order valence-electron chi connectivity index (χ0n) is 17.1. The van der Waals surface area contributed by atoms with Crippen molar-refractivity contribution in [1.29, 1.82) is 0 Å². The highest BCUT2D eigenvalue weighted by atomic mass is 79.9. The molecule has 1 heterocycles. The van der Waals surface area contributed by atoms with Crippen LogP contribution >= 0.6 is 39.9 Å². The van der Waals surface area contributed by atoms with Gasteiger partial charge in [0, 0.05) is 4.47 Å². The number of rotatable bonds is 10. The SMILES string of the molecule is CCCCCCCCOc1ccc(/C=C2\SC(=S)N(c3ccccc3Br)C2=O)cc1. The Kier molecular flexibility index (Phi) is 8.97. The summed E-state index contributed by atoms with van der Waals surface area (Å²) in [5, 5.41) is 0. The minimum absolute atomic E-state index is 0.0969. The number of thiocarbonyl (C=S) groups is 1. The molecule has 158 valence electrons. The molecule has 3 rings (SSSR count). The first kappa shape index (κ1) is 23.0. The minimum atomic E-state index is -0.0969. The molecule has 0 spiro atoms. The Morgan fingerprint density at radius 1 is 1.03 bits per heavy atom. The highest BCUT2D eigenvalue weighted by Gasteiger charge is 2.34. The van der Waals surface area contributed by atoms with Gasteiger partial charge in [-0.2, -0.15) is 0 Å². The standard InChI is InChI=1S/C24H26BrNO2S2/c1-2-3-4-5-6-9-16-28-19-14-12-18(13-15-19)17-22-23(27)26(24(29)30-22)21-11-8-7-10-20(21)25/h7-8,10-15,17H,2-6,9,16H2,1H3/b22-17-. The van der Waals surface area contributed by atoms with Crippen LogP contribution in [0.15, 0.2) is 57.9 Å². The first-order chi connectivity index (χ1) is 14.6. The zero-order chi connectivity index (χ0) is 21.3. The number of nitrogens with zero attached hydrogens (tertiary/aromatic N) is 1. The quantitative estimate of drug-likeness (QED) is 0.189. The van der Waals surface area contributed by atoms with E-state index in [4.69, 9.17) is 17.0 Å². The summed E-state index contributed by atoms with van der Waals surface area (Å²) in [7, 11) is 0. The van der Waals surface area contributed by atoms with Crippen LogP contribution < -0.4 is 9.64 Å². The predicted molar refractivity (Wildman–Crippen MR) is 135 cm³/mol. The molecule has 0 bridgehead atoms.